The monoisotopic (exact) mass is 282 g/mol. The van der Waals surface area contributed by atoms with Crippen molar-refractivity contribution in [2.45, 2.75) is 32.7 Å². The van der Waals surface area contributed by atoms with Crippen LogP contribution in [0.2, 0.25) is 0 Å². The van der Waals surface area contributed by atoms with Crippen molar-refractivity contribution >= 4 is 18.3 Å². The Hall–Kier alpha value is -1.06. The van der Waals surface area contributed by atoms with Crippen LogP contribution in [-0.4, -0.2) is 19.0 Å². The van der Waals surface area contributed by atoms with Crippen molar-refractivity contribution < 1.29 is 4.79 Å². The quantitative estimate of drug-likeness (QED) is 0.890. The molecule has 2 rings (SSSR count). The summed E-state index contributed by atoms with van der Waals surface area (Å²) in [6, 6.07) is 8.32. The van der Waals surface area contributed by atoms with E-state index in [1.807, 2.05) is 6.07 Å². The minimum Gasteiger partial charge on any atom is -0.352 e. The predicted molar refractivity (Wildman–Crippen MR) is 80.5 cm³/mol. The van der Waals surface area contributed by atoms with Crippen molar-refractivity contribution in [3.05, 3.63) is 35.4 Å². The maximum absolute atomic E-state index is 12.0. The molecule has 0 aromatic heterocycles. The van der Waals surface area contributed by atoms with Gasteiger partial charge in [0.25, 0.3) is 0 Å². The lowest BCUT2D eigenvalue weighted by molar-refractivity contribution is -0.125. The molecule has 1 heterocycles. The van der Waals surface area contributed by atoms with Crippen LogP contribution in [0.3, 0.4) is 0 Å². The van der Waals surface area contributed by atoms with Gasteiger partial charge >= 0.3 is 0 Å². The molecule has 106 valence electrons. The summed E-state index contributed by atoms with van der Waals surface area (Å²) in [7, 11) is 0. The third-order valence-electron chi connectivity index (χ3n) is 3.66. The molecule has 1 saturated heterocycles. The van der Waals surface area contributed by atoms with Crippen molar-refractivity contribution in [2.24, 2.45) is 5.92 Å². The molecule has 3 nitrogen and oxygen atoms in total. The van der Waals surface area contributed by atoms with E-state index in [1.165, 1.54) is 11.1 Å². The lowest BCUT2D eigenvalue weighted by Crippen LogP contribution is -2.37. The van der Waals surface area contributed by atoms with Gasteiger partial charge in [0.2, 0.25) is 5.91 Å². The van der Waals surface area contributed by atoms with Gasteiger partial charge in [-0.05, 0) is 43.5 Å². The highest BCUT2D eigenvalue weighted by Crippen LogP contribution is 2.13. The predicted octanol–water partition coefficient (Wildman–Crippen LogP) is 2.29. The molecule has 1 amide bonds. The first-order chi connectivity index (χ1) is 8.81. The van der Waals surface area contributed by atoms with Crippen molar-refractivity contribution in [1.29, 1.82) is 0 Å². The summed E-state index contributed by atoms with van der Waals surface area (Å²) >= 11 is 0. The molecule has 1 aliphatic heterocycles. The standard InChI is InChI=1S/C15H22N2O.ClH/c1-2-12-5-3-4-6-14(12)11-17-15(18)13-7-9-16-10-8-13;/h3-6,13,16H,2,7-11H2,1H3,(H,17,18);1H. The summed E-state index contributed by atoms with van der Waals surface area (Å²) in [5, 5.41) is 6.36. The number of halogens is 1. The first-order valence-electron chi connectivity index (χ1n) is 6.86. The van der Waals surface area contributed by atoms with Gasteiger partial charge in [0.05, 0.1) is 0 Å². The summed E-state index contributed by atoms with van der Waals surface area (Å²) in [4.78, 5) is 12.0. The molecule has 0 radical (unpaired) electrons. The average Bonchev–Trinajstić information content (AvgIpc) is 2.46. The molecular formula is C15H23ClN2O. The van der Waals surface area contributed by atoms with Crippen LogP contribution >= 0.6 is 12.4 Å². The molecule has 1 aliphatic rings. The van der Waals surface area contributed by atoms with E-state index >= 15 is 0 Å². The fraction of sp³-hybridized carbons (Fsp3) is 0.533. The maximum Gasteiger partial charge on any atom is 0.223 e. The average molecular weight is 283 g/mol. The lowest BCUT2D eigenvalue weighted by atomic mass is 9.97. The number of carbonyl (C=O) groups is 1. The van der Waals surface area contributed by atoms with Gasteiger partial charge in [-0.3, -0.25) is 4.79 Å². The van der Waals surface area contributed by atoms with Crippen molar-refractivity contribution in [2.75, 3.05) is 13.1 Å². The Balaban J connectivity index is 0.00000180. The third kappa shape index (κ3) is 4.51. The normalized spacial score (nSPS) is 15.6. The van der Waals surface area contributed by atoms with E-state index in [0.29, 0.717) is 6.54 Å². The van der Waals surface area contributed by atoms with Crippen molar-refractivity contribution in [3.8, 4) is 0 Å². The summed E-state index contributed by atoms with van der Waals surface area (Å²) in [5.41, 5.74) is 2.56. The number of nitrogens with one attached hydrogen (secondary N) is 2. The van der Waals surface area contributed by atoms with E-state index < -0.39 is 0 Å². The Labute approximate surface area is 121 Å². The second kappa shape index (κ2) is 8.18. The van der Waals surface area contributed by atoms with Crippen LogP contribution in [0.1, 0.15) is 30.9 Å². The maximum atomic E-state index is 12.0. The molecule has 2 N–H and O–H groups in total. The van der Waals surface area contributed by atoms with Crippen LogP contribution in [-0.2, 0) is 17.8 Å². The molecule has 4 heteroatoms. The number of hydrogen-bond acceptors (Lipinski definition) is 2. The van der Waals surface area contributed by atoms with Crippen LogP contribution in [0.4, 0.5) is 0 Å². The van der Waals surface area contributed by atoms with Crippen molar-refractivity contribution in [3.63, 3.8) is 0 Å². The molecule has 0 saturated carbocycles. The van der Waals surface area contributed by atoms with E-state index in [1.54, 1.807) is 0 Å². The zero-order valence-electron chi connectivity index (χ0n) is 11.4. The number of benzene rings is 1. The van der Waals surface area contributed by atoms with E-state index in [2.05, 4.69) is 35.8 Å². The van der Waals surface area contributed by atoms with Gasteiger partial charge in [0, 0.05) is 12.5 Å². The highest BCUT2D eigenvalue weighted by atomic mass is 35.5. The van der Waals surface area contributed by atoms with Crippen LogP contribution in [0, 0.1) is 5.92 Å². The number of hydrogen-bond donors (Lipinski definition) is 2. The molecule has 1 aromatic carbocycles. The minimum atomic E-state index is 0. The Kier molecular flexibility index (Phi) is 6.89. The number of rotatable bonds is 4. The van der Waals surface area contributed by atoms with Gasteiger partial charge in [0.15, 0.2) is 0 Å². The van der Waals surface area contributed by atoms with Crippen LogP contribution in [0.5, 0.6) is 0 Å². The molecule has 0 bridgehead atoms. The molecule has 0 spiro atoms. The Morgan fingerprint density at radius 3 is 2.53 bits per heavy atom. The zero-order chi connectivity index (χ0) is 12.8. The van der Waals surface area contributed by atoms with E-state index in [-0.39, 0.29) is 24.2 Å². The largest absolute Gasteiger partial charge is 0.352 e. The van der Waals surface area contributed by atoms with E-state index in [0.717, 1.165) is 32.4 Å². The second-order valence-electron chi connectivity index (χ2n) is 4.86. The number of carbonyl (C=O) groups excluding carboxylic acids is 1. The van der Waals surface area contributed by atoms with Crippen LogP contribution in [0.15, 0.2) is 24.3 Å². The smallest absolute Gasteiger partial charge is 0.223 e. The number of aryl methyl sites for hydroxylation is 1. The fourth-order valence-corrected chi connectivity index (χ4v) is 2.49. The fourth-order valence-electron chi connectivity index (χ4n) is 2.49. The van der Waals surface area contributed by atoms with Gasteiger partial charge < -0.3 is 10.6 Å². The van der Waals surface area contributed by atoms with Crippen LogP contribution in [0.25, 0.3) is 0 Å². The summed E-state index contributed by atoms with van der Waals surface area (Å²) in [5.74, 6) is 0.405. The lowest BCUT2D eigenvalue weighted by Gasteiger charge is -2.22. The summed E-state index contributed by atoms with van der Waals surface area (Å²) in [6.07, 6.45) is 2.93. The molecule has 1 fully saturated rings. The van der Waals surface area contributed by atoms with Gasteiger partial charge in [-0.2, -0.15) is 0 Å². The number of piperidine rings is 1. The first-order valence-corrected chi connectivity index (χ1v) is 6.86. The molecule has 0 atom stereocenters. The van der Waals surface area contributed by atoms with Crippen LogP contribution < -0.4 is 10.6 Å². The Bertz CT molecular complexity index is 403. The van der Waals surface area contributed by atoms with E-state index in [4.69, 9.17) is 0 Å². The number of amides is 1. The second-order valence-corrected chi connectivity index (χ2v) is 4.86. The highest BCUT2D eigenvalue weighted by Gasteiger charge is 2.20. The molecular weight excluding hydrogens is 260 g/mol. The highest BCUT2D eigenvalue weighted by molar-refractivity contribution is 5.85. The molecule has 1 aromatic rings. The zero-order valence-corrected chi connectivity index (χ0v) is 12.3. The van der Waals surface area contributed by atoms with Gasteiger partial charge in [-0.25, -0.2) is 0 Å². The third-order valence-corrected chi connectivity index (χ3v) is 3.66. The SMILES string of the molecule is CCc1ccccc1CNC(=O)C1CCNCC1.Cl. The van der Waals surface area contributed by atoms with Gasteiger partial charge in [-0.15, -0.1) is 12.4 Å². The van der Waals surface area contributed by atoms with Gasteiger partial charge in [0.1, 0.15) is 0 Å². The summed E-state index contributed by atoms with van der Waals surface area (Å²) in [6.45, 7) is 4.73. The molecule has 0 unspecified atom stereocenters. The molecule has 19 heavy (non-hydrogen) atoms. The topological polar surface area (TPSA) is 41.1 Å². The van der Waals surface area contributed by atoms with E-state index in [9.17, 15) is 4.79 Å². The first kappa shape index (κ1) is 16.0. The summed E-state index contributed by atoms with van der Waals surface area (Å²) < 4.78 is 0. The Morgan fingerprint density at radius 2 is 1.89 bits per heavy atom. The van der Waals surface area contributed by atoms with Gasteiger partial charge in [-0.1, -0.05) is 31.2 Å². The molecule has 0 aliphatic carbocycles. The van der Waals surface area contributed by atoms with Crippen molar-refractivity contribution in [1.82, 2.24) is 10.6 Å². The minimum absolute atomic E-state index is 0. The Morgan fingerprint density at radius 1 is 1.26 bits per heavy atom.